The summed E-state index contributed by atoms with van der Waals surface area (Å²) in [4.78, 5) is 38.5. The summed E-state index contributed by atoms with van der Waals surface area (Å²) in [5.41, 5.74) is 3.30. The van der Waals surface area contributed by atoms with Crippen LogP contribution in [0, 0.1) is 0 Å². The molecule has 9 nitrogen and oxygen atoms in total. The molecule has 0 aliphatic rings. The lowest BCUT2D eigenvalue weighted by Crippen LogP contribution is -2.34. The predicted octanol–water partition coefficient (Wildman–Crippen LogP) is -0.147. The van der Waals surface area contributed by atoms with Crippen LogP contribution < -0.4 is 31.8 Å². The number of ether oxygens (including phenoxy) is 2. The van der Waals surface area contributed by atoms with Gasteiger partial charge in [0.1, 0.15) is 22.9 Å². The first-order valence-electron chi connectivity index (χ1n) is 7.18. The van der Waals surface area contributed by atoms with Crippen molar-refractivity contribution in [3.63, 3.8) is 0 Å². The van der Waals surface area contributed by atoms with Gasteiger partial charge in [0.25, 0.3) is 11.5 Å². The van der Waals surface area contributed by atoms with Crippen molar-refractivity contribution < 1.29 is 14.3 Å². The van der Waals surface area contributed by atoms with E-state index in [0.717, 1.165) is 5.75 Å². The molecular formula is C15H18N4O5. The number of carbonyl (C=O) groups is 1. The van der Waals surface area contributed by atoms with Crippen LogP contribution in [0.3, 0.4) is 0 Å². The summed E-state index contributed by atoms with van der Waals surface area (Å²) in [5.74, 6) is 0.796. The Balaban J connectivity index is 1.79. The van der Waals surface area contributed by atoms with Gasteiger partial charge in [-0.05, 0) is 30.7 Å². The summed E-state index contributed by atoms with van der Waals surface area (Å²) < 4.78 is 10.6. The predicted molar refractivity (Wildman–Crippen MR) is 87.5 cm³/mol. The molecule has 128 valence electrons. The summed E-state index contributed by atoms with van der Waals surface area (Å²) >= 11 is 0. The second-order valence-corrected chi connectivity index (χ2v) is 4.83. The van der Waals surface area contributed by atoms with Gasteiger partial charge in [-0.3, -0.25) is 14.6 Å². The number of aromatic nitrogens is 2. The van der Waals surface area contributed by atoms with Gasteiger partial charge >= 0.3 is 5.69 Å². The lowest BCUT2D eigenvalue weighted by Gasteiger charge is -2.08. The number of nitrogen functional groups attached to an aromatic ring is 1. The van der Waals surface area contributed by atoms with Gasteiger partial charge in [-0.1, -0.05) is 0 Å². The second kappa shape index (κ2) is 7.86. The molecule has 1 aromatic heterocycles. The topological polar surface area (TPSA) is 139 Å². The minimum Gasteiger partial charge on any atom is -0.497 e. The Bertz CT molecular complexity index is 810. The van der Waals surface area contributed by atoms with Gasteiger partial charge in [-0.2, -0.15) is 0 Å². The standard InChI is InChI=1S/C15H18N4O5/c1-23-9-3-5-10(6-4-9)24-8-2-7-17-14(21)12-11(16)13(20)19-15(22)18-12/h3-6H,2,7-8,16H2,1H3,(H,17,21)(H2,18,19,20,22). The van der Waals surface area contributed by atoms with Crippen molar-refractivity contribution in [1.29, 1.82) is 0 Å². The molecule has 2 rings (SSSR count). The lowest BCUT2D eigenvalue weighted by molar-refractivity contribution is 0.0947. The van der Waals surface area contributed by atoms with Crippen molar-refractivity contribution in [1.82, 2.24) is 15.3 Å². The molecule has 24 heavy (non-hydrogen) atoms. The third-order valence-electron chi connectivity index (χ3n) is 3.14. The van der Waals surface area contributed by atoms with Gasteiger partial charge < -0.3 is 25.5 Å². The van der Waals surface area contributed by atoms with E-state index in [1.165, 1.54) is 0 Å². The van der Waals surface area contributed by atoms with Crippen LogP contribution >= 0.6 is 0 Å². The fraction of sp³-hybridized carbons (Fsp3) is 0.267. The van der Waals surface area contributed by atoms with Crippen LogP contribution in [0.4, 0.5) is 5.69 Å². The maximum absolute atomic E-state index is 11.9. The van der Waals surface area contributed by atoms with Gasteiger partial charge in [0.05, 0.1) is 13.7 Å². The van der Waals surface area contributed by atoms with E-state index in [1.807, 2.05) is 4.98 Å². The molecule has 0 aliphatic heterocycles. The number of nitrogens with two attached hydrogens (primary N) is 1. The fourth-order valence-electron chi connectivity index (χ4n) is 1.90. The summed E-state index contributed by atoms with van der Waals surface area (Å²) in [5, 5.41) is 2.56. The molecule has 0 saturated heterocycles. The Labute approximate surface area is 136 Å². The number of H-pyrrole nitrogens is 2. The van der Waals surface area contributed by atoms with E-state index in [9.17, 15) is 14.4 Å². The number of carbonyl (C=O) groups excluding carboxylic acids is 1. The number of hydrogen-bond acceptors (Lipinski definition) is 6. The Hall–Kier alpha value is -3.23. The fourth-order valence-corrected chi connectivity index (χ4v) is 1.90. The van der Waals surface area contributed by atoms with Crippen molar-refractivity contribution in [2.24, 2.45) is 0 Å². The molecule has 0 spiro atoms. The van der Waals surface area contributed by atoms with Crippen LogP contribution in [0.25, 0.3) is 0 Å². The van der Waals surface area contributed by atoms with E-state index in [-0.39, 0.29) is 11.4 Å². The summed E-state index contributed by atoms with van der Waals surface area (Å²) in [6.45, 7) is 0.678. The average Bonchev–Trinajstić information content (AvgIpc) is 2.58. The van der Waals surface area contributed by atoms with Gasteiger partial charge in [0.2, 0.25) is 0 Å². The molecule has 0 fully saturated rings. The van der Waals surface area contributed by atoms with Gasteiger partial charge in [-0.15, -0.1) is 0 Å². The van der Waals surface area contributed by atoms with Crippen molar-refractivity contribution in [3.05, 3.63) is 50.8 Å². The smallest absolute Gasteiger partial charge is 0.326 e. The van der Waals surface area contributed by atoms with Crippen molar-refractivity contribution in [2.45, 2.75) is 6.42 Å². The SMILES string of the molecule is COc1ccc(OCCCNC(=O)c2[nH]c(=O)[nH]c(=O)c2N)cc1. The number of methoxy groups -OCH3 is 1. The molecule has 9 heteroatoms. The normalized spacial score (nSPS) is 10.2. The first-order valence-corrected chi connectivity index (χ1v) is 7.18. The highest BCUT2D eigenvalue weighted by Gasteiger charge is 2.13. The molecule has 1 aromatic carbocycles. The molecule has 0 unspecified atom stereocenters. The molecule has 5 N–H and O–H groups in total. The highest BCUT2D eigenvalue weighted by atomic mass is 16.5. The first kappa shape index (κ1) is 17.1. The Morgan fingerprint density at radius 1 is 1.17 bits per heavy atom. The number of anilines is 1. The molecule has 0 saturated carbocycles. The minimum absolute atomic E-state index is 0.250. The zero-order chi connectivity index (χ0) is 17.5. The van der Waals surface area contributed by atoms with Crippen LogP contribution in [0.1, 0.15) is 16.9 Å². The molecule has 2 aromatic rings. The highest BCUT2D eigenvalue weighted by Crippen LogP contribution is 2.16. The van der Waals surface area contributed by atoms with E-state index in [1.54, 1.807) is 31.4 Å². The number of rotatable bonds is 7. The van der Waals surface area contributed by atoms with E-state index < -0.39 is 17.2 Å². The summed E-state index contributed by atoms with van der Waals surface area (Å²) in [6, 6.07) is 7.12. The number of aromatic amines is 2. The lowest BCUT2D eigenvalue weighted by atomic mass is 10.3. The van der Waals surface area contributed by atoms with Crippen LogP contribution in [-0.4, -0.2) is 36.1 Å². The minimum atomic E-state index is -0.799. The highest BCUT2D eigenvalue weighted by molar-refractivity contribution is 5.96. The Morgan fingerprint density at radius 3 is 2.50 bits per heavy atom. The molecular weight excluding hydrogens is 316 g/mol. The van der Waals surface area contributed by atoms with Crippen LogP contribution in [-0.2, 0) is 0 Å². The number of amides is 1. The van der Waals surface area contributed by atoms with E-state index in [4.69, 9.17) is 15.2 Å². The molecule has 0 radical (unpaired) electrons. The van der Waals surface area contributed by atoms with Gasteiger partial charge in [-0.25, -0.2) is 4.79 Å². The van der Waals surface area contributed by atoms with Crippen molar-refractivity contribution in [3.8, 4) is 11.5 Å². The van der Waals surface area contributed by atoms with Gasteiger partial charge in [0.15, 0.2) is 0 Å². The third kappa shape index (κ3) is 4.38. The third-order valence-corrected chi connectivity index (χ3v) is 3.14. The maximum Gasteiger partial charge on any atom is 0.326 e. The van der Waals surface area contributed by atoms with E-state index in [2.05, 4.69) is 10.3 Å². The van der Waals surface area contributed by atoms with Crippen molar-refractivity contribution in [2.75, 3.05) is 26.0 Å². The largest absolute Gasteiger partial charge is 0.497 e. The Morgan fingerprint density at radius 2 is 1.83 bits per heavy atom. The molecule has 0 bridgehead atoms. The van der Waals surface area contributed by atoms with Crippen LogP contribution in [0.15, 0.2) is 33.9 Å². The van der Waals surface area contributed by atoms with Crippen LogP contribution in [0.2, 0.25) is 0 Å². The maximum atomic E-state index is 11.9. The second-order valence-electron chi connectivity index (χ2n) is 4.83. The quantitative estimate of drug-likeness (QED) is 0.519. The molecule has 0 atom stereocenters. The summed E-state index contributed by atoms with van der Waals surface area (Å²) in [6.07, 6.45) is 0.533. The number of hydrogen-bond donors (Lipinski definition) is 4. The monoisotopic (exact) mass is 334 g/mol. The van der Waals surface area contributed by atoms with E-state index in [0.29, 0.717) is 25.3 Å². The van der Waals surface area contributed by atoms with E-state index >= 15 is 0 Å². The first-order chi connectivity index (χ1) is 11.5. The molecule has 0 aliphatic carbocycles. The Kier molecular flexibility index (Phi) is 5.61. The van der Waals surface area contributed by atoms with Crippen molar-refractivity contribution >= 4 is 11.6 Å². The average molecular weight is 334 g/mol. The zero-order valence-corrected chi connectivity index (χ0v) is 13.0. The zero-order valence-electron chi connectivity index (χ0n) is 13.0. The van der Waals surface area contributed by atoms with Gasteiger partial charge in [0, 0.05) is 6.54 Å². The molecule has 1 amide bonds. The number of benzene rings is 1. The van der Waals surface area contributed by atoms with Crippen LogP contribution in [0.5, 0.6) is 11.5 Å². The summed E-state index contributed by atoms with van der Waals surface area (Å²) in [7, 11) is 1.58. The number of nitrogens with one attached hydrogen (secondary N) is 3. The molecule has 1 heterocycles.